The number of amides is 2. The molecule has 8 nitrogen and oxygen atoms in total. The van der Waals surface area contributed by atoms with Crippen molar-refractivity contribution in [2.75, 3.05) is 31.5 Å². The number of likely N-dealkylation sites (tertiary alicyclic amines) is 2. The van der Waals surface area contributed by atoms with Crippen molar-refractivity contribution in [1.82, 2.24) is 15.1 Å². The predicted molar refractivity (Wildman–Crippen MR) is 111 cm³/mol. The Labute approximate surface area is 171 Å². The minimum atomic E-state index is -0.615. The van der Waals surface area contributed by atoms with Crippen LogP contribution in [0.5, 0.6) is 0 Å². The lowest BCUT2D eigenvalue weighted by Crippen LogP contribution is -2.45. The molecule has 2 aliphatic heterocycles. The summed E-state index contributed by atoms with van der Waals surface area (Å²) in [6.07, 6.45) is 6.22. The lowest BCUT2D eigenvalue weighted by atomic mass is 10.1. The largest absolute Gasteiger partial charge is 0.341 e. The molecular formula is C21H28N6O2. The van der Waals surface area contributed by atoms with Crippen molar-refractivity contribution in [3.63, 3.8) is 0 Å². The first-order valence-electron chi connectivity index (χ1n) is 10.2. The van der Waals surface area contributed by atoms with Crippen LogP contribution in [0.2, 0.25) is 0 Å². The number of rotatable bonds is 4. The van der Waals surface area contributed by atoms with E-state index in [1.165, 1.54) is 0 Å². The zero-order valence-corrected chi connectivity index (χ0v) is 16.9. The first kappa shape index (κ1) is 20.6. The van der Waals surface area contributed by atoms with Gasteiger partial charge in [0.1, 0.15) is 6.04 Å². The average Bonchev–Trinajstić information content (AvgIpc) is 3.20. The zero-order chi connectivity index (χ0) is 20.6. The molecule has 1 aromatic rings. The molecule has 0 aliphatic carbocycles. The van der Waals surface area contributed by atoms with Gasteiger partial charge in [0.05, 0.1) is 6.54 Å². The molecule has 0 bridgehead atoms. The molecule has 2 amide bonds. The topological polar surface area (TPSA) is 101 Å². The lowest BCUT2D eigenvalue weighted by molar-refractivity contribution is -0.140. The van der Waals surface area contributed by atoms with Gasteiger partial charge in [-0.1, -0.05) is 18.2 Å². The maximum absolute atomic E-state index is 13.1. The fraction of sp³-hybridized carbons (Fsp3) is 0.524. The third kappa shape index (κ3) is 5.47. The van der Waals surface area contributed by atoms with E-state index in [0.717, 1.165) is 50.0 Å². The summed E-state index contributed by atoms with van der Waals surface area (Å²) in [4.78, 5) is 33.5. The number of carbonyl (C=O) groups is 2. The number of anilines is 1. The summed E-state index contributed by atoms with van der Waals surface area (Å²) >= 11 is 0. The van der Waals surface area contributed by atoms with Gasteiger partial charge in [-0.25, -0.2) is 4.99 Å². The van der Waals surface area contributed by atoms with E-state index in [1.807, 2.05) is 42.3 Å². The summed E-state index contributed by atoms with van der Waals surface area (Å²) in [5.74, 6) is 0.0978. The molecule has 2 saturated heterocycles. The molecule has 154 valence electrons. The van der Waals surface area contributed by atoms with Crippen LogP contribution in [0.3, 0.4) is 0 Å². The fourth-order valence-corrected chi connectivity index (χ4v) is 3.74. The molecule has 0 saturated carbocycles. The Morgan fingerprint density at radius 2 is 1.93 bits per heavy atom. The molecule has 0 aromatic heterocycles. The van der Waals surface area contributed by atoms with E-state index in [2.05, 4.69) is 15.6 Å². The molecule has 2 heterocycles. The molecule has 3 rings (SSSR count). The highest BCUT2D eigenvalue weighted by Crippen LogP contribution is 2.18. The normalized spacial score (nSPS) is 20.2. The number of nitriles is 1. The minimum absolute atomic E-state index is 0.00823. The minimum Gasteiger partial charge on any atom is -0.341 e. The van der Waals surface area contributed by atoms with Crippen molar-refractivity contribution in [3.05, 3.63) is 29.8 Å². The number of hydrogen-bond acceptors (Lipinski definition) is 4. The van der Waals surface area contributed by atoms with Gasteiger partial charge in [-0.15, -0.1) is 0 Å². The molecule has 1 aromatic carbocycles. The number of hydrogen-bond donors (Lipinski definition) is 2. The fourth-order valence-electron chi connectivity index (χ4n) is 3.74. The third-order valence-corrected chi connectivity index (χ3v) is 5.39. The molecule has 2 fully saturated rings. The first-order valence-corrected chi connectivity index (χ1v) is 10.2. The Kier molecular flexibility index (Phi) is 7.06. The molecule has 0 radical (unpaired) electrons. The molecule has 29 heavy (non-hydrogen) atoms. The highest BCUT2D eigenvalue weighted by atomic mass is 16.2. The van der Waals surface area contributed by atoms with Crippen LogP contribution in [-0.2, 0) is 9.59 Å². The summed E-state index contributed by atoms with van der Waals surface area (Å²) in [6, 6.07) is 7.05. The van der Waals surface area contributed by atoms with E-state index >= 15 is 0 Å². The van der Waals surface area contributed by atoms with Crippen molar-refractivity contribution >= 4 is 23.5 Å². The van der Waals surface area contributed by atoms with Gasteiger partial charge in [-0.2, -0.15) is 5.26 Å². The molecule has 1 unspecified atom stereocenters. The second kappa shape index (κ2) is 9.92. The quantitative estimate of drug-likeness (QED) is 0.350. The van der Waals surface area contributed by atoms with Gasteiger partial charge in [-0.05, 0) is 50.7 Å². The van der Waals surface area contributed by atoms with Gasteiger partial charge in [0, 0.05) is 25.3 Å². The van der Waals surface area contributed by atoms with Gasteiger partial charge < -0.3 is 15.1 Å². The van der Waals surface area contributed by atoms with Crippen LogP contribution >= 0.6 is 0 Å². The molecule has 2 N–H and O–H groups in total. The van der Waals surface area contributed by atoms with E-state index in [0.29, 0.717) is 13.0 Å². The van der Waals surface area contributed by atoms with E-state index in [9.17, 15) is 9.59 Å². The Morgan fingerprint density at radius 3 is 2.66 bits per heavy atom. The van der Waals surface area contributed by atoms with Gasteiger partial charge in [0.15, 0.2) is 6.19 Å². The lowest BCUT2D eigenvalue weighted by Gasteiger charge is -2.25. The van der Waals surface area contributed by atoms with Crippen molar-refractivity contribution in [3.8, 4) is 6.19 Å². The van der Waals surface area contributed by atoms with Gasteiger partial charge in [0.2, 0.25) is 17.8 Å². The van der Waals surface area contributed by atoms with Crippen LogP contribution in [0.4, 0.5) is 5.69 Å². The van der Waals surface area contributed by atoms with E-state index in [4.69, 9.17) is 5.26 Å². The smallest absolute Gasteiger partial charge is 0.247 e. The van der Waals surface area contributed by atoms with E-state index < -0.39 is 6.04 Å². The standard InChI is InChI=1S/C21H28N6O2/c1-16-8-2-3-9-17(16)24-21(23-15-22)25-18-10-4-5-13-27(20(18)29)14-19(28)26-11-6-7-12-26/h2-3,8-9,18H,4-7,10-14H2,1H3,(H2,23,24,25). The van der Waals surface area contributed by atoms with Crippen LogP contribution in [0, 0.1) is 18.4 Å². The van der Waals surface area contributed by atoms with Crippen LogP contribution in [0.1, 0.15) is 37.7 Å². The molecule has 0 spiro atoms. The van der Waals surface area contributed by atoms with Crippen LogP contribution in [-0.4, -0.2) is 59.8 Å². The number of nitrogens with one attached hydrogen (secondary N) is 2. The highest BCUT2D eigenvalue weighted by molar-refractivity contribution is 5.97. The van der Waals surface area contributed by atoms with Crippen molar-refractivity contribution < 1.29 is 9.59 Å². The Bertz CT molecular complexity index is 810. The Balaban J connectivity index is 1.73. The van der Waals surface area contributed by atoms with E-state index in [-0.39, 0.29) is 24.3 Å². The second-order valence-corrected chi connectivity index (χ2v) is 7.51. The first-order chi connectivity index (χ1) is 14.1. The van der Waals surface area contributed by atoms with Crippen molar-refractivity contribution in [2.45, 2.75) is 45.1 Å². The summed E-state index contributed by atoms with van der Waals surface area (Å²) in [7, 11) is 0. The van der Waals surface area contributed by atoms with Crippen LogP contribution in [0.25, 0.3) is 0 Å². The van der Waals surface area contributed by atoms with Gasteiger partial charge in [-0.3, -0.25) is 14.9 Å². The monoisotopic (exact) mass is 396 g/mol. The number of aliphatic imine (C=N–C) groups is 1. The van der Waals surface area contributed by atoms with Crippen molar-refractivity contribution in [2.24, 2.45) is 4.99 Å². The third-order valence-electron chi connectivity index (χ3n) is 5.39. The average molecular weight is 396 g/mol. The number of para-hydroxylation sites is 1. The maximum Gasteiger partial charge on any atom is 0.247 e. The zero-order valence-electron chi connectivity index (χ0n) is 16.9. The number of carbonyl (C=O) groups excluding carboxylic acids is 2. The maximum atomic E-state index is 13.1. The second-order valence-electron chi connectivity index (χ2n) is 7.51. The summed E-state index contributed by atoms with van der Waals surface area (Å²) in [5.41, 5.74) is 1.82. The Hall–Kier alpha value is -3.08. The van der Waals surface area contributed by atoms with Crippen molar-refractivity contribution in [1.29, 1.82) is 5.26 Å². The molecular weight excluding hydrogens is 368 g/mol. The summed E-state index contributed by atoms with van der Waals surface area (Å²) < 4.78 is 0. The van der Waals surface area contributed by atoms with Crippen LogP contribution in [0.15, 0.2) is 29.3 Å². The number of guanidine groups is 1. The number of benzene rings is 1. The predicted octanol–water partition coefficient (Wildman–Crippen LogP) is 1.84. The highest BCUT2D eigenvalue weighted by Gasteiger charge is 2.30. The van der Waals surface area contributed by atoms with E-state index in [1.54, 1.807) is 4.90 Å². The number of nitrogens with zero attached hydrogens (tertiary/aromatic N) is 4. The van der Waals surface area contributed by atoms with Gasteiger partial charge >= 0.3 is 0 Å². The Morgan fingerprint density at radius 1 is 1.21 bits per heavy atom. The molecule has 1 atom stereocenters. The number of aryl methyl sites for hydroxylation is 1. The summed E-state index contributed by atoms with van der Waals surface area (Å²) in [5, 5.41) is 14.8. The molecule has 2 aliphatic rings. The van der Waals surface area contributed by atoms with Gasteiger partial charge in [0.25, 0.3) is 0 Å². The molecule has 8 heteroatoms. The SMILES string of the molecule is Cc1ccccc1NC(=NC1CCCCN(CC(=O)N2CCCC2)C1=O)NC#N. The van der Waals surface area contributed by atoms with Crippen LogP contribution < -0.4 is 10.6 Å². The summed E-state index contributed by atoms with van der Waals surface area (Å²) in [6.45, 7) is 4.18.